The zero-order valence-electron chi connectivity index (χ0n) is 10.5. The van der Waals surface area contributed by atoms with Crippen molar-refractivity contribution in [2.45, 2.75) is 13.5 Å². The van der Waals surface area contributed by atoms with E-state index < -0.39 is 0 Å². The van der Waals surface area contributed by atoms with E-state index in [-0.39, 0.29) is 5.69 Å². The van der Waals surface area contributed by atoms with Crippen molar-refractivity contribution in [3.05, 3.63) is 45.5 Å². The maximum absolute atomic E-state index is 12.2. The van der Waals surface area contributed by atoms with Crippen molar-refractivity contribution in [2.24, 2.45) is 0 Å². The summed E-state index contributed by atoms with van der Waals surface area (Å²) in [7, 11) is 1.56. The molecule has 0 fully saturated rings. The second-order valence-corrected chi connectivity index (χ2v) is 5.03. The van der Waals surface area contributed by atoms with E-state index in [4.69, 9.17) is 4.74 Å². The quantitative estimate of drug-likeness (QED) is 0.724. The normalized spacial score (nSPS) is 11.1. The van der Waals surface area contributed by atoms with Gasteiger partial charge in [0.15, 0.2) is 5.75 Å². The third-order valence-corrected chi connectivity index (χ3v) is 3.64. The molecule has 0 amide bonds. The highest BCUT2D eigenvalue weighted by atomic mass is 32.1. The van der Waals surface area contributed by atoms with Crippen molar-refractivity contribution >= 4 is 17.2 Å². The number of hydrogen-bond acceptors (Lipinski definition) is 5. The summed E-state index contributed by atoms with van der Waals surface area (Å²) in [5.74, 6) is 0.582. The van der Waals surface area contributed by atoms with Gasteiger partial charge in [-0.3, -0.25) is 0 Å². The van der Waals surface area contributed by atoms with E-state index in [2.05, 4.69) is 9.47 Å². The number of aromatic nitrogens is 4. The van der Waals surface area contributed by atoms with Crippen LogP contribution in [0.25, 0.3) is 5.65 Å². The molecule has 6 nitrogen and oxygen atoms in total. The zero-order chi connectivity index (χ0) is 13.4. The van der Waals surface area contributed by atoms with Gasteiger partial charge in [-0.2, -0.15) is 4.37 Å². The lowest BCUT2D eigenvalue weighted by Crippen LogP contribution is -2.21. The summed E-state index contributed by atoms with van der Waals surface area (Å²) in [6.07, 6.45) is 1.68. The van der Waals surface area contributed by atoms with Gasteiger partial charge >= 0.3 is 5.69 Å². The van der Waals surface area contributed by atoms with E-state index in [0.29, 0.717) is 17.9 Å². The molecule has 0 unspecified atom stereocenters. The number of methoxy groups -OCH3 is 1. The first-order valence-corrected chi connectivity index (χ1v) is 6.51. The monoisotopic (exact) mass is 276 g/mol. The lowest BCUT2D eigenvalue weighted by Gasteiger charge is -1.98. The predicted octanol–water partition coefficient (Wildman–Crippen LogP) is 1.32. The van der Waals surface area contributed by atoms with E-state index in [1.807, 2.05) is 13.0 Å². The molecule has 0 radical (unpaired) electrons. The molecule has 0 aliphatic rings. The number of rotatable bonds is 3. The van der Waals surface area contributed by atoms with Crippen molar-refractivity contribution in [1.29, 1.82) is 0 Å². The van der Waals surface area contributed by atoms with Crippen molar-refractivity contribution in [3.63, 3.8) is 0 Å². The Morgan fingerprint density at radius 3 is 3.00 bits per heavy atom. The fourth-order valence-corrected chi connectivity index (χ4v) is 2.63. The second-order valence-electron chi connectivity index (χ2n) is 4.15. The SMILES string of the molecule is COc1cccn2c(=O)n(Cc3cc(C)ns3)nc12. The first kappa shape index (κ1) is 11.9. The van der Waals surface area contributed by atoms with Crippen LogP contribution in [0.3, 0.4) is 0 Å². The van der Waals surface area contributed by atoms with Crippen LogP contribution < -0.4 is 10.4 Å². The molecule has 98 valence electrons. The highest BCUT2D eigenvalue weighted by Gasteiger charge is 2.11. The summed E-state index contributed by atoms with van der Waals surface area (Å²) in [5, 5.41) is 4.31. The number of hydrogen-bond donors (Lipinski definition) is 0. The zero-order valence-corrected chi connectivity index (χ0v) is 11.3. The molecule has 0 aliphatic carbocycles. The Balaban J connectivity index is 2.10. The summed E-state index contributed by atoms with van der Waals surface area (Å²) in [5.41, 5.74) is 1.30. The molecule has 19 heavy (non-hydrogen) atoms. The third-order valence-electron chi connectivity index (χ3n) is 2.78. The molecule has 3 aromatic rings. The number of fused-ring (bicyclic) bond motifs is 1. The minimum Gasteiger partial charge on any atom is -0.493 e. The fraction of sp³-hybridized carbons (Fsp3) is 0.250. The largest absolute Gasteiger partial charge is 0.493 e. The first-order valence-electron chi connectivity index (χ1n) is 5.73. The van der Waals surface area contributed by atoms with Gasteiger partial charge in [0.1, 0.15) is 0 Å². The van der Waals surface area contributed by atoms with E-state index >= 15 is 0 Å². The van der Waals surface area contributed by atoms with Gasteiger partial charge in [0.2, 0.25) is 5.65 Å². The number of ether oxygens (including phenoxy) is 1. The van der Waals surface area contributed by atoms with E-state index in [9.17, 15) is 4.79 Å². The standard InChI is InChI=1S/C12H12N4O2S/c1-8-6-9(19-14-8)7-16-12(17)15-5-3-4-10(18-2)11(15)13-16/h3-6H,7H2,1-2H3. The second kappa shape index (κ2) is 4.51. The summed E-state index contributed by atoms with van der Waals surface area (Å²) < 4.78 is 12.3. The molecule has 0 bridgehead atoms. The van der Waals surface area contributed by atoms with Crippen LogP contribution in [0.5, 0.6) is 5.75 Å². The average molecular weight is 276 g/mol. The Bertz CT molecular complexity index is 786. The molecular formula is C12H12N4O2S. The van der Waals surface area contributed by atoms with E-state index in [0.717, 1.165) is 10.6 Å². The summed E-state index contributed by atoms with van der Waals surface area (Å²) in [6, 6.07) is 5.50. The molecule has 0 N–H and O–H groups in total. The van der Waals surface area contributed by atoms with E-state index in [1.165, 1.54) is 20.6 Å². The Labute approximate surface area is 113 Å². The van der Waals surface area contributed by atoms with Crippen LogP contribution in [0, 0.1) is 6.92 Å². The number of aryl methyl sites for hydroxylation is 1. The van der Waals surface area contributed by atoms with Crippen LogP contribution in [0.15, 0.2) is 29.2 Å². The van der Waals surface area contributed by atoms with Crippen molar-refractivity contribution in [1.82, 2.24) is 18.6 Å². The van der Waals surface area contributed by atoms with Gasteiger partial charge in [-0.1, -0.05) is 0 Å². The molecule has 0 aliphatic heterocycles. The number of nitrogens with zero attached hydrogens (tertiary/aromatic N) is 4. The Morgan fingerprint density at radius 1 is 1.47 bits per heavy atom. The summed E-state index contributed by atoms with van der Waals surface area (Å²) >= 11 is 1.38. The molecule has 3 heterocycles. The Hall–Kier alpha value is -2.15. The van der Waals surface area contributed by atoms with Crippen LogP contribution in [0.2, 0.25) is 0 Å². The number of pyridine rings is 1. The molecule has 3 rings (SSSR count). The fourth-order valence-electron chi connectivity index (χ4n) is 1.91. The van der Waals surface area contributed by atoms with Gasteiger partial charge in [0.05, 0.1) is 19.3 Å². The van der Waals surface area contributed by atoms with Crippen LogP contribution in [-0.2, 0) is 6.54 Å². The maximum Gasteiger partial charge on any atom is 0.350 e. The van der Waals surface area contributed by atoms with Gasteiger partial charge in [0.25, 0.3) is 0 Å². The van der Waals surface area contributed by atoms with Crippen LogP contribution in [0.4, 0.5) is 0 Å². The van der Waals surface area contributed by atoms with Crippen LogP contribution >= 0.6 is 11.5 Å². The van der Waals surface area contributed by atoms with Gasteiger partial charge in [-0.05, 0) is 36.7 Å². The van der Waals surface area contributed by atoms with Gasteiger partial charge < -0.3 is 4.74 Å². The van der Waals surface area contributed by atoms with Gasteiger partial charge in [-0.15, -0.1) is 5.10 Å². The summed E-state index contributed by atoms with van der Waals surface area (Å²) in [6.45, 7) is 2.35. The van der Waals surface area contributed by atoms with Crippen LogP contribution in [-0.4, -0.2) is 25.7 Å². The maximum atomic E-state index is 12.2. The van der Waals surface area contributed by atoms with Crippen LogP contribution in [0.1, 0.15) is 10.6 Å². The molecule has 0 spiro atoms. The lowest BCUT2D eigenvalue weighted by atomic mass is 10.4. The van der Waals surface area contributed by atoms with Crippen molar-refractivity contribution in [3.8, 4) is 5.75 Å². The minimum absolute atomic E-state index is 0.181. The first-order chi connectivity index (χ1) is 9.19. The molecular weight excluding hydrogens is 264 g/mol. The molecule has 0 atom stereocenters. The lowest BCUT2D eigenvalue weighted by molar-refractivity contribution is 0.416. The molecule has 0 saturated carbocycles. The topological polar surface area (TPSA) is 61.4 Å². The highest BCUT2D eigenvalue weighted by molar-refractivity contribution is 7.05. The third kappa shape index (κ3) is 2.01. The van der Waals surface area contributed by atoms with Gasteiger partial charge in [0, 0.05) is 11.1 Å². The molecule has 0 saturated heterocycles. The summed E-state index contributed by atoms with van der Waals surface area (Å²) in [4.78, 5) is 13.2. The van der Waals surface area contributed by atoms with Gasteiger partial charge in [-0.25, -0.2) is 13.9 Å². The highest BCUT2D eigenvalue weighted by Crippen LogP contribution is 2.16. The Morgan fingerprint density at radius 2 is 2.32 bits per heavy atom. The van der Waals surface area contributed by atoms with Crippen molar-refractivity contribution in [2.75, 3.05) is 7.11 Å². The molecule has 0 aromatic carbocycles. The van der Waals surface area contributed by atoms with Crippen molar-refractivity contribution < 1.29 is 4.74 Å². The predicted molar refractivity (Wildman–Crippen MR) is 72.0 cm³/mol. The van der Waals surface area contributed by atoms with E-state index in [1.54, 1.807) is 25.4 Å². The molecule has 7 heteroatoms. The Kier molecular flexibility index (Phi) is 2.83. The smallest absolute Gasteiger partial charge is 0.350 e. The minimum atomic E-state index is -0.181. The average Bonchev–Trinajstić information content (AvgIpc) is 2.95. The molecule has 3 aromatic heterocycles.